The Hall–Kier alpha value is -0.480. The van der Waals surface area contributed by atoms with Gasteiger partial charge in [-0.25, -0.2) is 0 Å². The molecule has 66 valence electrons. The first kappa shape index (κ1) is 9.61. The van der Waals surface area contributed by atoms with Crippen molar-refractivity contribution in [2.75, 3.05) is 0 Å². The summed E-state index contributed by atoms with van der Waals surface area (Å²) in [7, 11) is 6.37. The lowest BCUT2D eigenvalue weighted by atomic mass is 10.3. The van der Waals surface area contributed by atoms with Crippen LogP contribution in [0.15, 0.2) is 29.2 Å². The molecule has 12 heavy (non-hydrogen) atoms. The first-order valence-corrected chi connectivity index (χ1v) is 4.70. The summed E-state index contributed by atoms with van der Waals surface area (Å²) < 4.78 is 27.5. The average molecular weight is 211 g/mol. The molecule has 0 saturated heterocycles. The topological polar surface area (TPSA) is 9.23 Å². The zero-order chi connectivity index (χ0) is 8.97. The number of ether oxygens (including phenoxy) is 1. The number of benzene rings is 1. The average Bonchev–Trinajstić information content (AvgIpc) is 2.03. The Morgan fingerprint density at radius 2 is 2.17 bits per heavy atom. The Labute approximate surface area is 77.2 Å². The molecular formula is C7H5ClF2OS. The molecule has 0 spiro atoms. The first-order chi connectivity index (χ1) is 5.72. The van der Waals surface area contributed by atoms with Gasteiger partial charge in [0.15, 0.2) is 0 Å². The van der Waals surface area contributed by atoms with E-state index in [-0.39, 0.29) is 5.75 Å². The number of hydrogen-bond donors (Lipinski definition) is 0. The summed E-state index contributed by atoms with van der Waals surface area (Å²) in [5.41, 5.74) is 0. The van der Waals surface area contributed by atoms with Crippen LogP contribution in [0.1, 0.15) is 0 Å². The van der Waals surface area contributed by atoms with E-state index in [1.165, 1.54) is 12.1 Å². The summed E-state index contributed by atoms with van der Waals surface area (Å²) in [6.07, 6.45) is 0. The molecule has 1 aromatic rings. The van der Waals surface area contributed by atoms with Gasteiger partial charge in [0.25, 0.3) is 0 Å². The van der Waals surface area contributed by atoms with Gasteiger partial charge in [0.1, 0.15) is 5.75 Å². The van der Waals surface area contributed by atoms with Gasteiger partial charge in [-0.2, -0.15) is 8.78 Å². The van der Waals surface area contributed by atoms with E-state index in [1.807, 2.05) is 0 Å². The molecular weight excluding hydrogens is 206 g/mol. The Bertz CT molecular complexity index is 257. The molecule has 0 aliphatic heterocycles. The Morgan fingerprint density at radius 1 is 1.42 bits per heavy atom. The number of halogens is 3. The predicted molar refractivity (Wildman–Crippen MR) is 44.8 cm³/mol. The van der Waals surface area contributed by atoms with Crippen LogP contribution in [0.5, 0.6) is 5.75 Å². The number of rotatable bonds is 3. The lowest BCUT2D eigenvalue weighted by Gasteiger charge is -2.03. The minimum atomic E-state index is -2.79. The minimum absolute atomic E-state index is 0.121. The van der Waals surface area contributed by atoms with E-state index in [2.05, 4.69) is 4.74 Å². The van der Waals surface area contributed by atoms with Gasteiger partial charge in [-0.05, 0) is 39.9 Å². The standard InChI is InChI=1S/C7H5ClF2OS/c8-12-6-3-1-2-5(4-6)11-7(9)10/h1-4,7H. The molecule has 0 heterocycles. The molecule has 0 N–H and O–H groups in total. The zero-order valence-electron chi connectivity index (χ0n) is 5.84. The van der Waals surface area contributed by atoms with E-state index in [9.17, 15) is 8.78 Å². The minimum Gasteiger partial charge on any atom is -0.435 e. The quantitative estimate of drug-likeness (QED) is 0.755. The van der Waals surface area contributed by atoms with Crippen LogP contribution < -0.4 is 4.74 Å². The molecule has 1 nitrogen and oxygen atoms in total. The van der Waals surface area contributed by atoms with Crippen LogP contribution >= 0.6 is 21.7 Å². The molecule has 0 aromatic heterocycles. The third kappa shape index (κ3) is 2.87. The smallest absolute Gasteiger partial charge is 0.387 e. The SMILES string of the molecule is FC(F)Oc1cccc(SCl)c1. The highest BCUT2D eigenvalue weighted by Gasteiger charge is 2.03. The van der Waals surface area contributed by atoms with Crippen molar-refractivity contribution in [1.29, 1.82) is 0 Å². The third-order valence-corrected chi connectivity index (χ3v) is 2.09. The summed E-state index contributed by atoms with van der Waals surface area (Å²) >= 11 is 0. The molecule has 1 rings (SSSR count). The molecule has 5 heteroatoms. The van der Waals surface area contributed by atoms with Crippen LogP contribution in [-0.2, 0) is 0 Å². The Morgan fingerprint density at radius 3 is 2.75 bits per heavy atom. The molecule has 0 unspecified atom stereocenters. The maximum Gasteiger partial charge on any atom is 0.387 e. The van der Waals surface area contributed by atoms with Crippen LogP contribution in [0.25, 0.3) is 0 Å². The van der Waals surface area contributed by atoms with Crippen molar-refractivity contribution < 1.29 is 13.5 Å². The van der Waals surface area contributed by atoms with Gasteiger partial charge in [-0.3, -0.25) is 0 Å². The fourth-order valence-corrected chi connectivity index (χ4v) is 1.28. The molecule has 1 aromatic carbocycles. The van der Waals surface area contributed by atoms with Gasteiger partial charge >= 0.3 is 6.61 Å². The van der Waals surface area contributed by atoms with E-state index in [0.717, 1.165) is 11.0 Å². The molecule has 0 bridgehead atoms. The summed E-state index contributed by atoms with van der Waals surface area (Å²) in [6.45, 7) is -2.79. The zero-order valence-corrected chi connectivity index (χ0v) is 7.41. The van der Waals surface area contributed by atoms with Crippen LogP contribution in [-0.4, -0.2) is 6.61 Å². The van der Waals surface area contributed by atoms with Crippen molar-refractivity contribution >= 4 is 21.7 Å². The van der Waals surface area contributed by atoms with Gasteiger partial charge < -0.3 is 4.74 Å². The monoisotopic (exact) mass is 210 g/mol. The van der Waals surface area contributed by atoms with Gasteiger partial charge in [-0.1, -0.05) is 6.07 Å². The Balaban J connectivity index is 2.72. The fraction of sp³-hybridized carbons (Fsp3) is 0.143. The van der Waals surface area contributed by atoms with Crippen molar-refractivity contribution in [3.63, 3.8) is 0 Å². The molecule has 0 aliphatic rings. The van der Waals surface area contributed by atoms with E-state index < -0.39 is 6.61 Å². The van der Waals surface area contributed by atoms with Crippen LogP contribution in [0.4, 0.5) is 8.78 Å². The summed E-state index contributed by atoms with van der Waals surface area (Å²) in [6, 6.07) is 6.20. The third-order valence-electron chi connectivity index (χ3n) is 1.12. The highest BCUT2D eigenvalue weighted by molar-refractivity contribution is 8.21. The number of alkyl halides is 2. The van der Waals surface area contributed by atoms with E-state index in [1.54, 1.807) is 12.1 Å². The first-order valence-electron chi connectivity index (χ1n) is 3.06. The van der Waals surface area contributed by atoms with Crippen LogP contribution in [0, 0.1) is 0 Å². The fourth-order valence-electron chi connectivity index (χ4n) is 0.698. The van der Waals surface area contributed by atoms with Crippen LogP contribution in [0.3, 0.4) is 0 Å². The van der Waals surface area contributed by atoms with Gasteiger partial charge in [0.05, 0.1) is 0 Å². The van der Waals surface area contributed by atoms with E-state index in [0.29, 0.717) is 4.90 Å². The molecule has 0 atom stereocenters. The molecule has 0 amide bonds. The molecule has 0 aliphatic carbocycles. The maximum atomic E-state index is 11.7. The summed E-state index contributed by atoms with van der Waals surface area (Å²) in [5.74, 6) is 0.121. The second-order valence-electron chi connectivity index (χ2n) is 1.93. The van der Waals surface area contributed by atoms with Crippen molar-refractivity contribution in [3.8, 4) is 5.75 Å². The highest BCUT2D eigenvalue weighted by atomic mass is 35.7. The predicted octanol–water partition coefficient (Wildman–Crippen LogP) is 3.53. The van der Waals surface area contributed by atoms with Crippen LogP contribution in [0.2, 0.25) is 0 Å². The lowest BCUT2D eigenvalue weighted by molar-refractivity contribution is -0.0499. The van der Waals surface area contributed by atoms with Crippen molar-refractivity contribution in [2.24, 2.45) is 0 Å². The van der Waals surface area contributed by atoms with E-state index in [4.69, 9.17) is 10.7 Å². The van der Waals surface area contributed by atoms with Gasteiger partial charge in [0.2, 0.25) is 0 Å². The normalized spacial score (nSPS) is 10.3. The van der Waals surface area contributed by atoms with Crippen molar-refractivity contribution in [1.82, 2.24) is 0 Å². The lowest BCUT2D eigenvalue weighted by Crippen LogP contribution is -2.01. The largest absolute Gasteiger partial charge is 0.435 e. The maximum absolute atomic E-state index is 11.7. The van der Waals surface area contributed by atoms with Crippen molar-refractivity contribution in [2.45, 2.75) is 11.5 Å². The molecule has 0 radical (unpaired) electrons. The molecule has 0 saturated carbocycles. The van der Waals surface area contributed by atoms with Gasteiger partial charge in [-0.15, -0.1) is 0 Å². The second-order valence-corrected chi connectivity index (χ2v) is 3.02. The second kappa shape index (κ2) is 4.52. The molecule has 0 fully saturated rings. The Kier molecular flexibility index (Phi) is 3.62. The van der Waals surface area contributed by atoms with Crippen molar-refractivity contribution in [3.05, 3.63) is 24.3 Å². The summed E-state index contributed by atoms with van der Waals surface area (Å²) in [4.78, 5) is 0.676. The highest BCUT2D eigenvalue weighted by Crippen LogP contribution is 2.26. The van der Waals surface area contributed by atoms with Gasteiger partial charge in [0, 0.05) is 4.90 Å². The summed E-state index contributed by atoms with van der Waals surface area (Å²) in [5, 5.41) is 0. The van der Waals surface area contributed by atoms with E-state index >= 15 is 0 Å². The number of hydrogen-bond acceptors (Lipinski definition) is 2.